The first kappa shape index (κ1) is 15.8. The first-order valence-corrected chi connectivity index (χ1v) is 7.33. The number of hydrogen-bond donors (Lipinski definition) is 2. The van der Waals surface area contributed by atoms with Gasteiger partial charge in [-0.25, -0.2) is 4.79 Å². The Morgan fingerprint density at radius 2 is 1.73 bits per heavy atom. The second-order valence-electron chi connectivity index (χ2n) is 5.03. The molecule has 2 amide bonds. The molecule has 0 saturated heterocycles. The van der Waals surface area contributed by atoms with Crippen molar-refractivity contribution in [3.05, 3.63) is 65.2 Å². The number of urea groups is 1. The van der Waals surface area contributed by atoms with Crippen molar-refractivity contribution < 1.29 is 9.59 Å². The monoisotopic (exact) mass is 296 g/mol. The van der Waals surface area contributed by atoms with E-state index in [2.05, 4.69) is 10.6 Å². The summed E-state index contributed by atoms with van der Waals surface area (Å²) >= 11 is 0. The minimum atomic E-state index is -0.263. The van der Waals surface area contributed by atoms with Gasteiger partial charge >= 0.3 is 6.03 Å². The highest BCUT2D eigenvalue weighted by Crippen LogP contribution is 2.16. The molecular formula is C18H20N2O2. The fourth-order valence-electron chi connectivity index (χ4n) is 2.42. The van der Waals surface area contributed by atoms with Crippen LogP contribution in [0.15, 0.2) is 48.5 Å². The van der Waals surface area contributed by atoms with Crippen molar-refractivity contribution in [2.75, 3.05) is 5.32 Å². The zero-order valence-corrected chi connectivity index (χ0v) is 12.8. The molecule has 0 fully saturated rings. The average Bonchev–Trinajstić information content (AvgIpc) is 2.53. The second kappa shape index (κ2) is 7.41. The average molecular weight is 296 g/mol. The third kappa shape index (κ3) is 3.95. The van der Waals surface area contributed by atoms with E-state index in [0.29, 0.717) is 6.54 Å². The number of amides is 2. The number of hydrogen-bond acceptors (Lipinski definition) is 2. The minimum Gasteiger partial charge on any atom is -0.334 e. The van der Waals surface area contributed by atoms with E-state index in [9.17, 15) is 9.59 Å². The van der Waals surface area contributed by atoms with Crippen LogP contribution in [0.1, 0.15) is 35.3 Å². The van der Waals surface area contributed by atoms with Crippen LogP contribution in [0.3, 0.4) is 0 Å². The maximum Gasteiger partial charge on any atom is 0.319 e. The maximum absolute atomic E-state index is 11.9. The van der Waals surface area contributed by atoms with Gasteiger partial charge in [-0.05, 0) is 36.6 Å². The Bertz CT molecular complexity index is 666. The van der Waals surface area contributed by atoms with Crippen LogP contribution < -0.4 is 10.6 Å². The molecule has 4 heteroatoms. The molecule has 0 atom stereocenters. The SMILES string of the molecule is CCc1c(CNC(=O)Nc2ccccc2)cccc1C(C)=O. The second-order valence-corrected chi connectivity index (χ2v) is 5.03. The minimum absolute atomic E-state index is 0.0486. The van der Waals surface area contributed by atoms with Crippen molar-refractivity contribution >= 4 is 17.5 Å². The first-order chi connectivity index (χ1) is 10.6. The predicted octanol–water partition coefficient (Wildman–Crippen LogP) is 3.77. The van der Waals surface area contributed by atoms with Gasteiger partial charge in [0.1, 0.15) is 0 Å². The summed E-state index contributed by atoms with van der Waals surface area (Å²) in [7, 11) is 0. The van der Waals surface area contributed by atoms with Gasteiger partial charge < -0.3 is 10.6 Å². The van der Waals surface area contributed by atoms with Gasteiger partial charge in [0, 0.05) is 17.8 Å². The van der Waals surface area contributed by atoms with Crippen molar-refractivity contribution in [2.24, 2.45) is 0 Å². The highest BCUT2D eigenvalue weighted by atomic mass is 16.2. The molecular weight excluding hydrogens is 276 g/mol. The number of para-hydroxylation sites is 1. The summed E-state index contributed by atoms with van der Waals surface area (Å²) in [5.41, 5.74) is 3.44. The lowest BCUT2D eigenvalue weighted by molar-refractivity contribution is 0.101. The van der Waals surface area contributed by atoms with Gasteiger partial charge in [0.15, 0.2) is 5.78 Å². The van der Waals surface area contributed by atoms with Crippen molar-refractivity contribution in [3.8, 4) is 0 Å². The lowest BCUT2D eigenvalue weighted by Gasteiger charge is -2.13. The van der Waals surface area contributed by atoms with Gasteiger partial charge in [-0.1, -0.05) is 43.3 Å². The summed E-state index contributed by atoms with van der Waals surface area (Å²) in [5.74, 6) is 0.0486. The molecule has 0 saturated carbocycles. The van der Waals surface area contributed by atoms with Crippen molar-refractivity contribution in [1.29, 1.82) is 0 Å². The molecule has 0 radical (unpaired) electrons. The largest absolute Gasteiger partial charge is 0.334 e. The summed E-state index contributed by atoms with van der Waals surface area (Å²) in [6, 6.07) is 14.6. The Morgan fingerprint density at radius 1 is 1.00 bits per heavy atom. The molecule has 0 bridgehead atoms. The quantitative estimate of drug-likeness (QED) is 0.825. The molecule has 2 N–H and O–H groups in total. The summed E-state index contributed by atoms with van der Waals surface area (Å²) in [5, 5.41) is 5.60. The highest BCUT2D eigenvalue weighted by Gasteiger charge is 2.11. The third-order valence-electron chi connectivity index (χ3n) is 3.48. The molecule has 0 heterocycles. The lowest BCUT2D eigenvalue weighted by atomic mass is 9.96. The number of rotatable bonds is 5. The standard InChI is InChI=1S/C18H20N2O2/c1-3-16-14(8-7-11-17(16)13(2)21)12-19-18(22)20-15-9-5-4-6-10-15/h4-11H,3,12H2,1-2H3,(H2,19,20,22). The number of Topliss-reactive ketones (excluding diaryl/α,β-unsaturated/α-hetero) is 1. The Hall–Kier alpha value is -2.62. The number of ketones is 1. The molecule has 2 aromatic carbocycles. The zero-order valence-electron chi connectivity index (χ0n) is 12.8. The molecule has 0 aliphatic carbocycles. The normalized spacial score (nSPS) is 10.1. The highest BCUT2D eigenvalue weighted by molar-refractivity contribution is 5.96. The molecule has 0 aromatic heterocycles. The van der Waals surface area contributed by atoms with E-state index in [1.165, 1.54) is 0 Å². The molecule has 0 aliphatic heterocycles. The van der Waals surface area contributed by atoms with Gasteiger partial charge in [0.05, 0.1) is 0 Å². The molecule has 4 nitrogen and oxygen atoms in total. The molecule has 0 spiro atoms. The number of benzene rings is 2. The van der Waals surface area contributed by atoms with Gasteiger partial charge in [-0.15, -0.1) is 0 Å². The summed E-state index contributed by atoms with van der Waals surface area (Å²) < 4.78 is 0. The van der Waals surface area contributed by atoms with Crippen molar-refractivity contribution in [1.82, 2.24) is 5.32 Å². The molecule has 114 valence electrons. The van der Waals surface area contributed by atoms with Crippen LogP contribution in [0.25, 0.3) is 0 Å². The third-order valence-corrected chi connectivity index (χ3v) is 3.48. The van der Waals surface area contributed by atoms with Gasteiger partial charge in [-0.3, -0.25) is 4.79 Å². The molecule has 0 aliphatic rings. The van der Waals surface area contributed by atoms with E-state index in [1.807, 2.05) is 55.5 Å². The molecule has 2 rings (SSSR count). The van der Waals surface area contributed by atoms with Crippen LogP contribution in [-0.2, 0) is 13.0 Å². The van der Waals surface area contributed by atoms with Gasteiger partial charge in [0.2, 0.25) is 0 Å². The van der Waals surface area contributed by atoms with Crippen molar-refractivity contribution in [2.45, 2.75) is 26.8 Å². The van der Waals surface area contributed by atoms with E-state index >= 15 is 0 Å². The Morgan fingerprint density at radius 3 is 2.36 bits per heavy atom. The van der Waals surface area contributed by atoms with E-state index in [0.717, 1.165) is 28.8 Å². The lowest BCUT2D eigenvalue weighted by Crippen LogP contribution is -2.28. The van der Waals surface area contributed by atoms with E-state index in [-0.39, 0.29) is 11.8 Å². The fraction of sp³-hybridized carbons (Fsp3) is 0.222. The van der Waals surface area contributed by atoms with Crippen LogP contribution in [0, 0.1) is 0 Å². The number of anilines is 1. The molecule has 0 unspecified atom stereocenters. The number of carbonyl (C=O) groups excluding carboxylic acids is 2. The zero-order chi connectivity index (χ0) is 15.9. The van der Waals surface area contributed by atoms with Crippen LogP contribution in [0.4, 0.5) is 10.5 Å². The summed E-state index contributed by atoms with van der Waals surface area (Å²) in [6.07, 6.45) is 0.757. The van der Waals surface area contributed by atoms with Gasteiger partial charge in [-0.2, -0.15) is 0 Å². The Kier molecular flexibility index (Phi) is 5.31. The van der Waals surface area contributed by atoms with Crippen LogP contribution in [-0.4, -0.2) is 11.8 Å². The molecule has 22 heavy (non-hydrogen) atoms. The van der Waals surface area contributed by atoms with Gasteiger partial charge in [0.25, 0.3) is 0 Å². The Balaban J connectivity index is 2.04. The van der Waals surface area contributed by atoms with E-state index in [4.69, 9.17) is 0 Å². The number of nitrogens with one attached hydrogen (secondary N) is 2. The summed E-state index contributed by atoms with van der Waals surface area (Å²) in [4.78, 5) is 23.6. The van der Waals surface area contributed by atoms with Crippen LogP contribution in [0.2, 0.25) is 0 Å². The first-order valence-electron chi connectivity index (χ1n) is 7.33. The van der Waals surface area contributed by atoms with E-state index < -0.39 is 0 Å². The van der Waals surface area contributed by atoms with Crippen molar-refractivity contribution in [3.63, 3.8) is 0 Å². The maximum atomic E-state index is 11.9. The summed E-state index contributed by atoms with van der Waals surface area (Å²) in [6.45, 7) is 3.96. The van der Waals surface area contributed by atoms with Crippen LogP contribution >= 0.6 is 0 Å². The predicted molar refractivity (Wildman–Crippen MR) is 88.1 cm³/mol. The number of carbonyl (C=O) groups is 2. The van der Waals surface area contributed by atoms with Crippen LogP contribution in [0.5, 0.6) is 0 Å². The fourth-order valence-corrected chi connectivity index (χ4v) is 2.42. The Labute approximate surface area is 130 Å². The van der Waals surface area contributed by atoms with E-state index in [1.54, 1.807) is 6.92 Å². The smallest absolute Gasteiger partial charge is 0.319 e. The topological polar surface area (TPSA) is 58.2 Å². The molecule has 2 aromatic rings.